The van der Waals surface area contributed by atoms with Gasteiger partial charge in [0.25, 0.3) is 0 Å². The molecule has 2 rings (SSSR count). The van der Waals surface area contributed by atoms with E-state index in [1.54, 1.807) is 6.07 Å². The van der Waals surface area contributed by atoms with Gasteiger partial charge in [-0.2, -0.15) is 0 Å². The molecule has 0 spiro atoms. The molecular weight excluding hydrogens is 263 g/mol. The summed E-state index contributed by atoms with van der Waals surface area (Å²) >= 11 is 5.83. The van der Waals surface area contributed by atoms with Crippen molar-refractivity contribution in [2.45, 2.75) is 51.5 Å². The third-order valence-electron chi connectivity index (χ3n) is 4.09. The van der Waals surface area contributed by atoms with E-state index in [9.17, 15) is 4.39 Å². The van der Waals surface area contributed by atoms with Crippen LogP contribution in [0.5, 0.6) is 0 Å². The summed E-state index contributed by atoms with van der Waals surface area (Å²) in [4.78, 5) is 0. The Balaban J connectivity index is 2.11. The number of anilines is 2. The highest BCUT2D eigenvalue weighted by atomic mass is 35.5. The van der Waals surface area contributed by atoms with E-state index in [1.165, 1.54) is 38.2 Å². The Morgan fingerprint density at radius 1 is 1.37 bits per heavy atom. The lowest BCUT2D eigenvalue weighted by atomic mass is 9.83. The lowest BCUT2D eigenvalue weighted by Crippen LogP contribution is -2.30. The van der Waals surface area contributed by atoms with Gasteiger partial charge in [-0.1, -0.05) is 37.8 Å². The molecule has 0 saturated heterocycles. The molecular formula is C15H22ClFN2. The molecule has 0 aliphatic heterocycles. The Morgan fingerprint density at radius 2 is 2.05 bits per heavy atom. The Hall–Kier alpha value is -0.960. The summed E-state index contributed by atoms with van der Waals surface area (Å²) in [6.45, 7) is 2.17. The van der Waals surface area contributed by atoms with Gasteiger partial charge in [0.1, 0.15) is 5.82 Å². The molecule has 1 aliphatic carbocycles. The van der Waals surface area contributed by atoms with Gasteiger partial charge in [-0.25, -0.2) is 4.39 Å². The molecule has 1 unspecified atom stereocenters. The Labute approximate surface area is 119 Å². The van der Waals surface area contributed by atoms with Crippen LogP contribution in [0.25, 0.3) is 0 Å². The molecule has 1 atom stereocenters. The summed E-state index contributed by atoms with van der Waals surface area (Å²) in [5.41, 5.74) is 7.04. The molecule has 2 nitrogen and oxygen atoms in total. The predicted octanol–water partition coefficient (Wildman–Crippen LogP) is 4.83. The van der Waals surface area contributed by atoms with Gasteiger partial charge in [-0.15, -0.1) is 0 Å². The number of nitrogens with one attached hydrogen (secondary N) is 1. The van der Waals surface area contributed by atoms with Gasteiger partial charge >= 0.3 is 0 Å². The van der Waals surface area contributed by atoms with Crippen molar-refractivity contribution in [3.63, 3.8) is 0 Å². The Kier molecular flexibility index (Phi) is 4.92. The fourth-order valence-electron chi connectivity index (χ4n) is 2.98. The molecule has 0 aromatic heterocycles. The van der Waals surface area contributed by atoms with E-state index in [0.717, 1.165) is 12.1 Å². The Bertz CT molecular complexity index is 430. The summed E-state index contributed by atoms with van der Waals surface area (Å²) < 4.78 is 13.3. The second-order valence-corrected chi connectivity index (χ2v) is 5.82. The minimum atomic E-state index is -0.463. The first-order chi connectivity index (χ1) is 9.11. The molecule has 0 radical (unpaired) electrons. The van der Waals surface area contributed by atoms with E-state index in [0.29, 0.717) is 17.6 Å². The molecule has 1 fully saturated rings. The van der Waals surface area contributed by atoms with Crippen LogP contribution >= 0.6 is 11.6 Å². The molecule has 1 aromatic carbocycles. The maximum absolute atomic E-state index is 13.3. The van der Waals surface area contributed by atoms with Crippen LogP contribution < -0.4 is 11.1 Å². The SMILES string of the molecule is CCC(Nc1cc(Cl)c(F)cc1N)C1CCCCC1. The number of hydrogen-bond acceptors (Lipinski definition) is 2. The van der Waals surface area contributed by atoms with Crippen LogP contribution in [0.15, 0.2) is 12.1 Å². The zero-order valence-corrected chi connectivity index (χ0v) is 12.1. The highest BCUT2D eigenvalue weighted by Gasteiger charge is 2.22. The maximum Gasteiger partial charge on any atom is 0.143 e. The van der Waals surface area contributed by atoms with Crippen LogP contribution in [-0.2, 0) is 0 Å². The summed E-state index contributed by atoms with van der Waals surface area (Å²) in [5, 5.41) is 3.58. The van der Waals surface area contributed by atoms with E-state index < -0.39 is 5.82 Å². The fraction of sp³-hybridized carbons (Fsp3) is 0.600. The third kappa shape index (κ3) is 3.53. The molecule has 1 aliphatic rings. The smallest absolute Gasteiger partial charge is 0.143 e. The predicted molar refractivity (Wildman–Crippen MR) is 80.1 cm³/mol. The van der Waals surface area contributed by atoms with Gasteiger partial charge in [0.15, 0.2) is 0 Å². The molecule has 1 saturated carbocycles. The summed E-state index contributed by atoms with van der Waals surface area (Å²) in [5.74, 6) is 0.220. The first-order valence-corrected chi connectivity index (χ1v) is 7.50. The minimum absolute atomic E-state index is 0.121. The van der Waals surface area contributed by atoms with Gasteiger partial charge in [0.2, 0.25) is 0 Å². The number of halogens is 2. The molecule has 1 aromatic rings. The lowest BCUT2D eigenvalue weighted by Gasteiger charge is -2.31. The van der Waals surface area contributed by atoms with E-state index >= 15 is 0 Å². The number of nitrogen functional groups attached to an aromatic ring is 1. The number of rotatable bonds is 4. The summed E-state index contributed by atoms with van der Waals surface area (Å²) in [6, 6.07) is 3.28. The summed E-state index contributed by atoms with van der Waals surface area (Å²) in [7, 11) is 0. The van der Waals surface area contributed by atoms with Crippen LogP contribution in [0.4, 0.5) is 15.8 Å². The average Bonchev–Trinajstić information content (AvgIpc) is 2.42. The van der Waals surface area contributed by atoms with Crippen molar-refractivity contribution in [2.75, 3.05) is 11.1 Å². The van der Waals surface area contributed by atoms with Crippen molar-refractivity contribution in [3.8, 4) is 0 Å². The normalized spacial score (nSPS) is 18.3. The largest absolute Gasteiger partial charge is 0.397 e. The lowest BCUT2D eigenvalue weighted by molar-refractivity contribution is 0.313. The van der Waals surface area contributed by atoms with Gasteiger partial charge in [0, 0.05) is 12.1 Å². The van der Waals surface area contributed by atoms with Crippen LogP contribution in [-0.4, -0.2) is 6.04 Å². The molecule has 0 bridgehead atoms. The molecule has 106 valence electrons. The second kappa shape index (κ2) is 6.47. The van der Waals surface area contributed by atoms with E-state index in [2.05, 4.69) is 12.2 Å². The van der Waals surface area contributed by atoms with Gasteiger partial charge in [-0.3, -0.25) is 0 Å². The van der Waals surface area contributed by atoms with E-state index in [1.807, 2.05) is 0 Å². The molecule has 4 heteroatoms. The summed E-state index contributed by atoms with van der Waals surface area (Å²) in [6.07, 6.45) is 7.53. The zero-order valence-electron chi connectivity index (χ0n) is 11.4. The maximum atomic E-state index is 13.3. The van der Waals surface area contributed by atoms with Gasteiger partial charge < -0.3 is 11.1 Å². The number of hydrogen-bond donors (Lipinski definition) is 2. The van der Waals surface area contributed by atoms with Crippen LogP contribution in [0.3, 0.4) is 0 Å². The standard InChI is InChI=1S/C15H22ClFN2/c1-2-14(10-6-4-3-5-7-10)19-15-8-11(16)12(17)9-13(15)18/h8-10,14,19H,2-7,18H2,1H3. The van der Waals surface area contributed by atoms with Gasteiger partial charge in [-0.05, 0) is 31.2 Å². The van der Waals surface area contributed by atoms with E-state index in [-0.39, 0.29) is 5.02 Å². The van der Waals surface area contributed by atoms with Crippen molar-refractivity contribution >= 4 is 23.0 Å². The monoisotopic (exact) mass is 284 g/mol. The molecule has 3 N–H and O–H groups in total. The van der Waals surface area contributed by atoms with Gasteiger partial charge in [0.05, 0.1) is 16.4 Å². The zero-order chi connectivity index (χ0) is 13.8. The second-order valence-electron chi connectivity index (χ2n) is 5.41. The van der Waals surface area contributed by atoms with Crippen molar-refractivity contribution < 1.29 is 4.39 Å². The van der Waals surface area contributed by atoms with Crippen LogP contribution in [0, 0.1) is 11.7 Å². The third-order valence-corrected chi connectivity index (χ3v) is 4.38. The first kappa shape index (κ1) is 14.4. The fourth-order valence-corrected chi connectivity index (χ4v) is 3.14. The molecule has 19 heavy (non-hydrogen) atoms. The number of benzene rings is 1. The van der Waals surface area contributed by atoms with Crippen molar-refractivity contribution in [2.24, 2.45) is 5.92 Å². The quantitative estimate of drug-likeness (QED) is 0.777. The molecule has 0 heterocycles. The van der Waals surface area contributed by atoms with E-state index in [4.69, 9.17) is 17.3 Å². The average molecular weight is 285 g/mol. The minimum Gasteiger partial charge on any atom is -0.397 e. The topological polar surface area (TPSA) is 38.0 Å². The number of nitrogens with two attached hydrogens (primary N) is 1. The molecule has 0 amide bonds. The van der Waals surface area contributed by atoms with Crippen molar-refractivity contribution in [1.29, 1.82) is 0 Å². The van der Waals surface area contributed by atoms with Crippen LogP contribution in [0.2, 0.25) is 5.02 Å². The Morgan fingerprint density at radius 3 is 2.68 bits per heavy atom. The first-order valence-electron chi connectivity index (χ1n) is 7.13. The van der Waals surface area contributed by atoms with Crippen molar-refractivity contribution in [1.82, 2.24) is 0 Å². The van der Waals surface area contributed by atoms with Crippen molar-refractivity contribution in [3.05, 3.63) is 23.0 Å². The van der Waals surface area contributed by atoms with Crippen LogP contribution in [0.1, 0.15) is 45.4 Å². The highest BCUT2D eigenvalue weighted by Crippen LogP contribution is 2.32. The highest BCUT2D eigenvalue weighted by molar-refractivity contribution is 6.31.